The highest BCUT2D eigenvalue weighted by Crippen LogP contribution is 2.28. The zero-order chi connectivity index (χ0) is 19.4. The molecule has 0 atom stereocenters. The third kappa shape index (κ3) is 4.38. The average Bonchev–Trinajstić information content (AvgIpc) is 2.69. The molecule has 3 rings (SSSR count). The maximum absolute atomic E-state index is 13.0. The van der Waals surface area contributed by atoms with Crippen molar-refractivity contribution in [3.63, 3.8) is 0 Å². The monoisotopic (exact) mass is 411 g/mol. The lowest BCUT2D eigenvalue weighted by Gasteiger charge is -2.26. The molecule has 1 N–H and O–H groups in total. The molecule has 2 heterocycles. The smallest absolute Gasteiger partial charge is 0.256 e. The summed E-state index contributed by atoms with van der Waals surface area (Å²) >= 11 is 5.77. The van der Waals surface area contributed by atoms with Crippen molar-refractivity contribution in [1.29, 1.82) is 0 Å². The van der Waals surface area contributed by atoms with Crippen LogP contribution in [0, 0.1) is 0 Å². The van der Waals surface area contributed by atoms with Gasteiger partial charge in [0.15, 0.2) is 0 Å². The number of hydrogen-bond donors (Lipinski definition) is 1. The van der Waals surface area contributed by atoms with E-state index in [0.717, 1.165) is 0 Å². The SMILES string of the molecule is COc1ccc(C(=O)Nc2ccc(Cl)cn2)cc1S(=O)(=O)N1CCOCC1. The summed E-state index contributed by atoms with van der Waals surface area (Å²) < 4.78 is 37.7. The van der Waals surface area contributed by atoms with Crippen molar-refractivity contribution in [2.45, 2.75) is 4.90 Å². The van der Waals surface area contributed by atoms with Gasteiger partial charge in [-0.3, -0.25) is 4.79 Å². The molecule has 1 saturated heterocycles. The molecule has 10 heteroatoms. The number of methoxy groups -OCH3 is 1. The second-order valence-corrected chi connectivity index (χ2v) is 8.04. The van der Waals surface area contributed by atoms with Gasteiger partial charge in [-0.15, -0.1) is 0 Å². The lowest BCUT2D eigenvalue weighted by Crippen LogP contribution is -2.40. The van der Waals surface area contributed by atoms with Gasteiger partial charge in [0.25, 0.3) is 5.91 Å². The fourth-order valence-corrected chi connectivity index (χ4v) is 4.29. The first kappa shape index (κ1) is 19.6. The van der Waals surface area contributed by atoms with E-state index in [0.29, 0.717) is 24.1 Å². The van der Waals surface area contributed by atoms with Crippen LogP contribution in [-0.2, 0) is 14.8 Å². The Labute approximate surface area is 162 Å². The number of anilines is 1. The largest absolute Gasteiger partial charge is 0.495 e. The van der Waals surface area contributed by atoms with Gasteiger partial charge >= 0.3 is 0 Å². The minimum absolute atomic E-state index is 0.0661. The van der Waals surface area contributed by atoms with E-state index < -0.39 is 15.9 Å². The minimum atomic E-state index is -3.82. The molecule has 1 aliphatic rings. The number of nitrogens with one attached hydrogen (secondary N) is 1. The van der Waals surface area contributed by atoms with Gasteiger partial charge in [0.05, 0.1) is 25.3 Å². The second-order valence-electron chi connectivity index (χ2n) is 5.70. The summed E-state index contributed by atoms with van der Waals surface area (Å²) in [4.78, 5) is 16.4. The van der Waals surface area contributed by atoms with Crippen LogP contribution in [0.1, 0.15) is 10.4 Å². The molecule has 1 aliphatic heterocycles. The molecular weight excluding hydrogens is 394 g/mol. The summed E-state index contributed by atoms with van der Waals surface area (Å²) in [6.07, 6.45) is 1.40. The van der Waals surface area contributed by atoms with Gasteiger partial charge < -0.3 is 14.8 Å². The maximum atomic E-state index is 13.0. The molecule has 27 heavy (non-hydrogen) atoms. The number of carbonyl (C=O) groups excluding carboxylic acids is 1. The van der Waals surface area contributed by atoms with Gasteiger partial charge in [-0.1, -0.05) is 11.6 Å². The van der Waals surface area contributed by atoms with E-state index >= 15 is 0 Å². The van der Waals surface area contributed by atoms with Gasteiger partial charge in [-0.05, 0) is 30.3 Å². The number of aromatic nitrogens is 1. The molecule has 8 nitrogen and oxygen atoms in total. The van der Waals surface area contributed by atoms with Crippen LogP contribution in [0.4, 0.5) is 5.82 Å². The highest BCUT2D eigenvalue weighted by Gasteiger charge is 2.30. The van der Waals surface area contributed by atoms with Crippen LogP contribution in [0.5, 0.6) is 5.75 Å². The summed E-state index contributed by atoms with van der Waals surface area (Å²) in [5, 5.41) is 3.04. The summed E-state index contributed by atoms with van der Waals surface area (Å²) in [6, 6.07) is 7.39. The first-order chi connectivity index (χ1) is 12.9. The van der Waals surface area contributed by atoms with E-state index in [4.69, 9.17) is 21.1 Å². The number of nitrogens with zero attached hydrogens (tertiary/aromatic N) is 2. The van der Waals surface area contributed by atoms with Crippen molar-refractivity contribution in [2.24, 2.45) is 0 Å². The van der Waals surface area contributed by atoms with E-state index in [1.807, 2.05) is 0 Å². The lowest BCUT2D eigenvalue weighted by molar-refractivity contribution is 0.0729. The zero-order valence-electron chi connectivity index (χ0n) is 14.5. The number of rotatable bonds is 5. The molecule has 1 aromatic carbocycles. The van der Waals surface area contributed by atoms with Crippen LogP contribution in [0.3, 0.4) is 0 Å². The predicted molar refractivity (Wildman–Crippen MR) is 99.8 cm³/mol. The molecule has 1 aromatic heterocycles. The molecule has 0 bridgehead atoms. The Morgan fingerprint density at radius 2 is 2.00 bits per heavy atom. The van der Waals surface area contributed by atoms with Crippen LogP contribution in [-0.4, -0.2) is 57.0 Å². The van der Waals surface area contributed by atoms with Crippen LogP contribution >= 0.6 is 11.6 Å². The number of pyridine rings is 1. The Morgan fingerprint density at radius 3 is 2.63 bits per heavy atom. The van der Waals surface area contributed by atoms with E-state index in [-0.39, 0.29) is 29.3 Å². The summed E-state index contributed by atoms with van der Waals surface area (Å²) in [5.41, 5.74) is 0.166. The molecule has 2 aromatic rings. The Bertz CT molecular complexity index is 928. The fourth-order valence-electron chi connectivity index (χ4n) is 2.58. The Balaban J connectivity index is 1.90. The van der Waals surface area contributed by atoms with Crippen molar-refractivity contribution in [2.75, 3.05) is 38.7 Å². The van der Waals surface area contributed by atoms with E-state index in [1.54, 1.807) is 12.1 Å². The number of hydrogen-bond acceptors (Lipinski definition) is 6. The number of benzene rings is 1. The Hall–Kier alpha value is -2.20. The summed E-state index contributed by atoms with van der Waals surface area (Å²) in [5.74, 6) is -0.0219. The third-order valence-electron chi connectivity index (χ3n) is 3.98. The molecular formula is C17H18ClN3O5S. The predicted octanol–water partition coefficient (Wildman–Crippen LogP) is 2.02. The summed E-state index contributed by atoms with van der Waals surface area (Å²) in [6.45, 7) is 1.14. The third-order valence-corrected chi connectivity index (χ3v) is 6.13. The normalized spacial score (nSPS) is 15.3. The van der Waals surface area contributed by atoms with Gasteiger partial charge in [0.2, 0.25) is 10.0 Å². The highest BCUT2D eigenvalue weighted by molar-refractivity contribution is 7.89. The number of amides is 1. The minimum Gasteiger partial charge on any atom is -0.495 e. The van der Waals surface area contributed by atoms with Gasteiger partial charge in [0.1, 0.15) is 16.5 Å². The summed E-state index contributed by atoms with van der Waals surface area (Å²) in [7, 11) is -2.44. The Kier molecular flexibility index (Phi) is 5.95. The van der Waals surface area contributed by atoms with E-state index in [9.17, 15) is 13.2 Å². The molecule has 1 fully saturated rings. The molecule has 0 aliphatic carbocycles. The highest BCUT2D eigenvalue weighted by atomic mass is 35.5. The van der Waals surface area contributed by atoms with Gasteiger partial charge in [0, 0.05) is 24.8 Å². The molecule has 0 unspecified atom stereocenters. The first-order valence-corrected chi connectivity index (χ1v) is 9.92. The number of carbonyl (C=O) groups is 1. The molecule has 1 amide bonds. The average molecular weight is 412 g/mol. The van der Waals surface area contributed by atoms with Gasteiger partial charge in [-0.25, -0.2) is 13.4 Å². The molecule has 0 saturated carbocycles. The van der Waals surface area contributed by atoms with Crippen LogP contribution in [0.2, 0.25) is 5.02 Å². The van der Waals surface area contributed by atoms with E-state index in [2.05, 4.69) is 10.3 Å². The van der Waals surface area contributed by atoms with Crippen LogP contribution in [0.25, 0.3) is 0 Å². The second kappa shape index (κ2) is 8.22. The Morgan fingerprint density at radius 1 is 1.26 bits per heavy atom. The number of sulfonamides is 1. The van der Waals surface area contributed by atoms with Crippen LogP contribution < -0.4 is 10.1 Å². The molecule has 0 spiro atoms. The van der Waals surface area contributed by atoms with E-state index in [1.165, 1.54) is 35.8 Å². The van der Waals surface area contributed by atoms with Gasteiger partial charge in [-0.2, -0.15) is 4.31 Å². The van der Waals surface area contributed by atoms with Crippen molar-refractivity contribution in [1.82, 2.24) is 9.29 Å². The lowest BCUT2D eigenvalue weighted by atomic mass is 10.2. The first-order valence-electron chi connectivity index (χ1n) is 8.10. The van der Waals surface area contributed by atoms with Crippen molar-refractivity contribution < 1.29 is 22.7 Å². The number of ether oxygens (including phenoxy) is 2. The molecule has 0 radical (unpaired) electrons. The quantitative estimate of drug-likeness (QED) is 0.808. The number of halogens is 1. The van der Waals surface area contributed by atoms with Crippen LogP contribution in [0.15, 0.2) is 41.4 Å². The molecule has 144 valence electrons. The zero-order valence-corrected chi connectivity index (χ0v) is 16.1. The van der Waals surface area contributed by atoms with Crippen molar-refractivity contribution in [3.05, 3.63) is 47.1 Å². The van der Waals surface area contributed by atoms with Crippen molar-refractivity contribution in [3.8, 4) is 5.75 Å². The van der Waals surface area contributed by atoms with Crippen molar-refractivity contribution >= 4 is 33.3 Å². The maximum Gasteiger partial charge on any atom is 0.256 e. The number of morpholine rings is 1. The fraction of sp³-hybridized carbons (Fsp3) is 0.294. The topological polar surface area (TPSA) is 97.8 Å². The standard InChI is InChI=1S/C17H18ClN3O5S/c1-25-14-4-2-12(17(22)20-16-5-3-13(18)11-19-16)10-15(14)27(23,24)21-6-8-26-9-7-21/h2-5,10-11H,6-9H2,1H3,(H,19,20,22).